The van der Waals surface area contributed by atoms with E-state index in [0.29, 0.717) is 17.0 Å². The van der Waals surface area contributed by atoms with Gasteiger partial charge in [0.25, 0.3) is 5.91 Å². The van der Waals surface area contributed by atoms with E-state index in [4.69, 9.17) is 15.6 Å². The van der Waals surface area contributed by atoms with Crippen molar-refractivity contribution in [2.45, 2.75) is 24.5 Å². The third kappa shape index (κ3) is 2.31. The predicted octanol–water partition coefficient (Wildman–Crippen LogP) is -3.75. The highest BCUT2D eigenvalue weighted by atomic mass is 16.6. The quantitative estimate of drug-likeness (QED) is 0.356. The Kier molecular flexibility index (Phi) is 3.79. The molecule has 2 aliphatic rings. The van der Waals surface area contributed by atoms with Gasteiger partial charge in [0.05, 0.1) is 12.2 Å². The van der Waals surface area contributed by atoms with Crippen molar-refractivity contribution in [2.24, 2.45) is 5.73 Å². The van der Waals surface area contributed by atoms with Gasteiger partial charge >= 0.3 is 0 Å². The first-order chi connectivity index (χ1) is 8.54. The molecule has 0 bridgehead atoms. The summed E-state index contributed by atoms with van der Waals surface area (Å²) in [6.07, 6.45) is 1.11. The summed E-state index contributed by atoms with van der Waals surface area (Å²) in [6, 6.07) is 0. The highest BCUT2D eigenvalue weighted by molar-refractivity contribution is 5.94. The Balaban J connectivity index is 2.13. The van der Waals surface area contributed by atoms with Gasteiger partial charge in [0, 0.05) is 0 Å². The van der Waals surface area contributed by atoms with Crippen LogP contribution in [-0.2, 0) is 9.53 Å². The zero-order chi connectivity index (χ0) is 13.3. The molecule has 1 saturated heterocycles. The normalized spacial score (nSPS) is 39.7. The Labute approximate surface area is 104 Å². The van der Waals surface area contributed by atoms with Gasteiger partial charge in [-0.3, -0.25) is 9.69 Å². The Morgan fingerprint density at radius 3 is 2.78 bits per heavy atom. The van der Waals surface area contributed by atoms with E-state index >= 15 is 0 Å². The number of quaternary nitrogens is 1. The lowest BCUT2D eigenvalue weighted by Crippen LogP contribution is -3.13. The number of nitrogens with one attached hydrogen (secondary N) is 1. The van der Waals surface area contributed by atoms with E-state index in [-0.39, 0.29) is 6.61 Å². The van der Waals surface area contributed by atoms with Crippen molar-refractivity contribution in [3.63, 3.8) is 0 Å². The van der Waals surface area contributed by atoms with Gasteiger partial charge in [-0.15, -0.1) is 0 Å². The molecule has 7 heteroatoms. The molecule has 0 aliphatic carbocycles. The molecule has 18 heavy (non-hydrogen) atoms. The molecule has 1 unspecified atom stereocenters. The fraction of sp³-hybridized carbons (Fsp3) is 0.545. The maximum absolute atomic E-state index is 11.1. The fourth-order valence-corrected chi connectivity index (χ4v) is 2.19. The molecule has 1 fully saturated rings. The molecule has 2 heterocycles. The predicted molar refractivity (Wildman–Crippen MR) is 60.0 cm³/mol. The first kappa shape index (κ1) is 13.2. The van der Waals surface area contributed by atoms with Crippen molar-refractivity contribution in [3.8, 4) is 0 Å². The van der Waals surface area contributed by atoms with Crippen LogP contribution >= 0.6 is 0 Å². The standard InChI is InChI=1S/C11H16N2O5/c12-10(17)6-2-1-3-13(4-6)11-9(16)8(15)7(5-14)18-11/h1-2,4,7-9,11,14-16H,3,5H2,(H2,12,17)/p+1/t7-,8-,9-,11-/m1/s1. The molecule has 2 rings (SSSR count). The van der Waals surface area contributed by atoms with Crippen LogP contribution in [-0.4, -0.2) is 58.9 Å². The Morgan fingerprint density at radius 2 is 2.22 bits per heavy atom. The zero-order valence-corrected chi connectivity index (χ0v) is 9.69. The molecule has 1 amide bonds. The molecule has 0 aromatic rings. The van der Waals surface area contributed by atoms with E-state index in [1.165, 1.54) is 0 Å². The number of aliphatic hydroxyl groups excluding tert-OH is 3. The van der Waals surface area contributed by atoms with Crippen LogP contribution in [0.3, 0.4) is 0 Å². The summed E-state index contributed by atoms with van der Waals surface area (Å²) in [4.78, 5) is 11.7. The number of ether oxygens (including phenoxy) is 1. The van der Waals surface area contributed by atoms with Crippen LogP contribution in [0.25, 0.3) is 0 Å². The minimum Gasteiger partial charge on any atom is -0.394 e. The van der Waals surface area contributed by atoms with Gasteiger partial charge in [0.1, 0.15) is 25.0 Å². The average Bonchev–Trinajstić information content (AvgIpc) is 2.66. The second kappa shape index (κ2) is 5.17. The molecular formula is C11H17N2O5+. The Hall–Kier alpha value is -1.25. The number of carbonyl (C=O) groups is 1. The van der Waals surface area contributed by atoms with Crippen LogP contribution in [0, 0.1) is 0 Å². The lowest BCUT2D eigenvalue weighted by molar-refractivity contribution is -0.897. The van der Waals surface area contributed by atoms with E-state index in [0.717, 1.165) is 0 Å². The monoisotopic (exact) mass is 257 g/mol. The highest BCUT2D eigenvalue weighted by Gasteiger charge is 2.47. The fourth-order valence-electron chi connectivity index (χ4n) is 2.19. The third-order valence-corrected chi connectivity index (χ3v) is 3.18. The molecule has 5 atom stereocenters. The zero-order valence-electron chi connectivity index (χ0n) is 9.69. The van der Waals surface area contributed by atoms with E-state index in [9.17, 15) is 15.0 Å². The molecule has 0 radical (unpaired) electrons. The van der Waals surface area contributed by atoms with E-state index in [1.54, 1.807) is 18.4 Å². The molecule has 0 aromatic heterocycles. The van der Waals surface area contributed by atoms with Gasteiger partial charge in [-0.2, -0.15) is 0 Å². The summed E-state index contributed by atoms with van der Waals surface area (Å²) in [5, 5.41) is 28.5. The van der Waals surface area contributed by atoms with E-state index in [1.807, 2.05) is 0 Å². The van der Waals surface area contributed by atoms with E-state index in [2.05, 4.69) is 0 Å². The highest BCUT2D eigenvalue weighted by Crippen LogP contribution is 2.17. The van der Waals surface area contributed by atoms with Gasteiger partial charge in [-0.25, -0.2) is 0 Å². The first-order valence-corrected chi connectivity index (χ1v) is 5.70. The maximum Gasteiger partial charge on any atom is 0.254 e. The number of nitrogens with two attached hydrogens (primary N) is 1. The van der Waals surface area contributed by atoms with Crippen molar-refractivity contribution in [1.29, 1.82) is 0 Å². The van der Waals surface area contributed by atoms with Gasteiger partial charge in [0.2, 0.25) is 6.23 Å². The van der Waals surface area contributed by atoms with Crippen molar-refractivity contribution in [2.75, 3.05) is 13.2 Å². The largest absolute Gasteiger partial charge is 0.394 e. The Bertz CT molecular complexity index is 395. The minimum atomic E-state index is -1.14. The molecule has 7 nitrogen and oxygen atoms in total. The van der Waals surface area contributed by atoms with Crippen LogP contribution in [0.5, 0.6) is 0 Å². The summed E-state index contributed by atoms with van der Waals surface area (Å²) < 4.78 is 5.39. The van der Waals surface area contributed by atoms with Crippen LogP contribution < -0.4 is 10.6 Å². The van der Waals surface area contributed by atoms with Crippen LogP contribution in [0.4, 0.5) is 0 Å². The second-order valence-corrected chi connectivity index (χ2v) is 4.40. The maximum atomic E-state index is 11.1. The number of carbonyl (C=O) groups excluding carboxylic acids is 1. The van der Waals surface area contributed by atoms with Crippen LogP contribution in [0.15, 0.2) is 23.9 Å². The van der Waals surface area contributed by atoms with Gasteiger partial charge in [-0.05, 0) is 12.2 Å². The van der Waals surface area contributed by atoms with Gasteiger partial charge < -0.3 is 25.8 Å². The van der Waals surface area contributed by atoms with Crippen molar-refractivity contribution < 1.29 is 29.8 Å². The lowest BCUT2D eigenvalue weighted by Gasteiger charge is -2.24. The number of primary amides is 1. The number of hydrogen-bond donors (Lipinski definition) is 5. The molecule has 0 saturated carbocycles. The summed E-state index contributed by atoms with van der Waals surface area (Å²) in [5.74, 6) is -0.560. The smallest absolute Gasteiger partial charge is 0.254 e. The minimum absolute atomic E-state index is 0.328. The Morgan fingerprint density at radius 1 is 1.50 bits per heavy atom. The summed E-state index contributed by atoms with van der Waals surface area (Å²) in [7, 11) is 0. The first-order valence-electron chi connectivity index (χ1n) is 5.70. The number of aliphatic hydroxyl groups is 3. The lowest BCUT2D eigenvalue weighted by atomic mass is 10.1. The molecule has 6 N–H and O–H groups in total. The van der Waals surface area contributed by atoms with Crippen LogP contribution in [0.2, 0.25) is 0 Å². The second-order valence-electron chi connectivity index (χ2n) is 4.40. The average molecular weight is 257 g/mol. The molecule has 2 aliphatic heterocycles. The van der Waals surface area contributed by atoms with E-state index < -0.39 is 30.4 Å². The third-order valence-electron chi connectivity index (χ3n) is 3.18. The molecule has 0 spiro atoms. The topological polar surface area (TPSA) is 117 Å². The summed E-state index contributed by atoms with van der Waals surface area (Å²) in [5.41, 5.74) is 5.51. The molecular weight excluding hydrogens is 240 g/mol. The number of rotatable bonds is 3. The van der Waals surface area contributed by atoms with Crippen molar-refractivity contribution >= 4 is 5.91 Å². The molecule has 100 valence electrons. The van der Waals surface area contributed by atoms with Gasteiger partial charge in [-0.1, -0.05) is 0 Å². The number of hydrogen-bond acceptors (Lipinski definition) is 5. The van der Waals surface area contributed by atoms with Crippen molar-refractivity contribution in [3.05, 3.63) is 23.9 Å². The summed E-state index contributed by atoms with van der Waals surface area (Å²) in [6.45, 7) is 0.133. The van der Waals surface area contributed by atoms with Gasteiger partial charge in [0.15, 0.2) is 6.10 Å². The SMILES string of the molecule is NC(=O)C1=C[NH+]([C@@H]2O[C@H](CO)[C@@H](O)[C@H]2O)CC=C1. The number of amides is 1. The molecule has 0 aromatic carbocycles. The summed E-state index contributed by atoms with van der Waals surface area (Å²) >= 11 is 0. The van der Waals surface area contributed by atoms with Crippen molar-refractivity contribution in [1.82, 2.24) is 0 Å². The van der Waals surface area contributed by atoms with Crippen LogP contribution in [0.1, 0.15) is 0 Å².